The number of unbranched alkanes of at least 4 members (excludes halogenated alkanes) is 2. The predicted molar refractivity (Wildman–Crippen MR) is 79.4 cm³/mol. The van der Waals surface area contributed by atoms with Gasteiger partial charge in [-0.2, -0.15) is 0 Å². The van der Waals surface area contributed by atoms with Gasteiger partial charge in [0.15, 0.2) is 0 Å². The Morgan fingerprint density at radius 2 is 2.10 bits per heavy atom. The average Bonchev–Trinajstić information content (AvgIpc) is 2.89. The molecule has 0 spiro atoms. The quantitative estimate of drug-likeness (QED) is 0.268. The van der Waals surface area contributed by atoms with E-state index in [-0.39, 0.29) is 16.5 Å². The zero-order chi connectivity index (χ0) is 15.2. The summed E-state index contributed by atoms with van der Waals surface area (Å²) in [6.45, 7) is 0.773. The minimum Gasteiger partial charge on any atom is -0.347 e. The maximum Gasteiger partial charge on any atom is 0.278 e. The van der Waals surface area contributed by atoms with Gasteiger partial charge < -0.3 is 4.57 Å². The number of benzene rings is 1. The number of nitro benzene ring substituents is 1. The lowest BCUT2D eigenvalue weighted by Gasteiger charge is -2.05. The van der Waals surface area contributed by atoms with E-state index in [1.54, 1.807) is 12.1 Å². The van der Waals surface area contributed by atoms with E-state index in [2.05, 4.69) is 5.43 Å². The maximum atomic E-state index is 11.0. The van der Waals surface area contributed by atoms with Crippen molar-refractivity contribution < 1.29 is 9.72 Å². The molecule has 7 nitrogen and oxygen atoms in total. The van der Waals surface area contributed by atoms with Crippen molar-refractivity contribution in [2.24, 2.45) is 5.84 Å². The lowest BCUT2D eigenvalue weighted by molar-refractivity contribution is -0.383. The van der Waals surface area contributed by atoms with Gasteiger partial charge in [0.25, 0.3) is 5.69 Å². The van der Waals surface area contributed by atoms with Gasteiger partial charge in [-0.1, -0.05) is 12.5 Å². The molecule has 1 amide bonds. The van der Waals surface area contributed by atoms with E-state index in [1.807, 2.05) is 16.8 Å². The van der Waals surface area contributed by atoms with Gasteiger partial charge in [0.1, 0.15) is 0 Å². The minimum atomic E-state index is -0.363. The Bertz CT molecular complexity index is 651. The summed E-state index contributed by atoms with van der Waals surface area (Å²) in [6.07, 6.45) is 4.88. The second kappa shape index (κ2) is 6.85. The number of rotatable bonds is 7. The molecule has 0 fully saturated rings. The van der Waals surface area contributed by atoms with Crippen LogP contribution in [0.3, 0.4) is 0 Å². The normalized spacial score (nSPS) is 10.7. The maximum absolute atomic E-state index is 11.0. The van der Waals surface area contributed by atoms with Gasteiger partial charge in [-0.3, -0.25) is 20.3 Å². The van der Waals surface area contributed by atoms with Crippen LogP contribution >= 0.6 is 0 Å². The number of fused-ring (bicyclic) bond motifs is 1. The molecule has 1 heterocycles. The fourth-order valence-corrected chi connectivity index (χ4v) is 2.38. The molecule has 0 saturated carbocycles. The second-order valence-corrected chi connectivity index (χ2v) is 4.85. The Hall–Kier alpha value is -2.41. The summed E-state index contributed by atoms with van der Waals surface area (Å²) in [5, 5.41) is 11.6. The number of hydrazine groups is 1. The van der Waals surface area contributed by atoms with Crippen LogP contribution in [0.4, 0.5) is 5.69 Å². The van der Waals surface area contributed by atoms with E-state index in [0.29, 0.717) is 11.8 Å². The summed E-state index contributed by atoms with van der Waals surface area (Å²) in [7, 11) is 0. The van der Waals surface area contributed by atoms with Crippen LogP contribution in [0, 0.1) is 10.1 Å². The smallest absolute Gasteiger partial charge is 0.278 e. The third-order valence-electron chi connectivity index (χ3n) is 3.45. The third kappa shape index (κ3) is 3.57. The van der Waals surface area contributed by atoms with Crippen molar-refractivity contribution in [2.75, 3.05) is 0 Å². The molecule has 0 atom stereocenters. The first kappa shape index (κ1) is 15.0. The zero-order valence-corrected chi connectivity index (χ0v) is 11.6. The standard InChI is InChI=1S/C14H18N4O3/c15-16-14(19)7-2-1-3-9-17-10-8-11-12(17)5-4-6-13(11)18(20)21/h4-6,8,10H,1-3,7,9,15H2,(H,16,19). The molecule has 21 heavy (non-hydrogen) atoms. The number of hydrogen-bond donors (Lipinski definition) is 2. The van der Waals surface area contributed by atoms with Gasteiger partial charge in [-0.05, 0) is 25.0 Å². The van der Waals surface area contributed by atoms with Crippen LogP contribution in [-0.4, -0.2) is 15.4 Å². The average molecular weight is 290 g/mol. The molecular formula is C14H18N4O3. The van der Waals surface area contributed by atoms with Crippen molar-refractivity contribution in [1.82, 2.24) is 9.99 Å². The molecule has 112 valence electrons. The lowest BCUT2D eigenvalue weighted by Crippen LogP contribution is -2.29. The summed E-state index contributed by atoms with van der Waals surface area (Å²) in [5.41, 5.74) is 3.10. The fourth-order valence-electron chi connectivity index (χ4n) is 2.38. The second-order valence-electron chi connectivity index (χ2n) is 4.85. The highest BCUT2D eigenvalue weighted by atomic mass is 16.6. The summed E-state index contributed by atoms with van der Waals surface area (Å²) in [5.74, 6) is 4.85. The van der Waals surface area contributed by atoms with Crippen molar-refractivity contribution in [2.45, 2.75) is 32.2 Å². The van der Waals surface area contributed by atoms with Gasteiger partial charge in [0.05, 0.1) is 15.8 Å². The van der Waals surface area contributed by atoms with Crippen LogP contribution in [0.1, 0.15) is 25.7 Å². The first-order chi connectivity index (χ1) is 10.1. The highest BCUT2D eigenvalue weighted by Crippen LogP contribution is 2.26. The van der Waals surface area contributed by atoms with Gasteiger partial charge >= 0.3 is 0 Å². The number of carbonyl (C=O) groups is 1. The Morgan fingerprint density at radius 3 is 2.81 bits per heavy atom. The van der Waals surface area contributed by atoms with E-state index >= 15 is 0 Å². The Labute approximate surface area is 121 Å². The first-order valence-corrected chi connectivity index (χ1v) is 6.85. The van der Waals surface area contributed by atoms with E-state index in [4.69, 9.17) is 5.84 Å². The van der Waals surface area contributed by atoms with Crippen LogP contribution in [0.5, 0.6) is 0 Å². The molecule has 1 aromatic heterocycles. The molecule has 0 aliphatic rings. The number of nitrogens with zero attached hydrogens (tertiary/aromatic N) is 2. The summed E-state index contributed by atoms with van der Waals surface area (Å²) in [6, 6.07) is 6.86. The number of nitrogens with one attached hydrogen (secondary N) is 1. The minimum absolute atomic E-state index is 0.130. The molecule has 0 bridgehead atoms. The van der Waals surface area contributed by atoms with Crippen molar-refractivity contribution >= 4 is 22.5 Å². The van der Waals surface area contributed by atoms with Gasteiger partial charge in [0.2, 0.25) is 5.91 Å². The molecule has 3 N–H and O–H groups in total. The predicted octanol–water partition coefficient (Wildman–Crippen LogP) is 2.10. The van der Waals surface area contributed by atoms with Crippen molar-refractivity contribution in [3.05, 3.63) is 40.6 Å². The Morgan fingerprint density at radius 1 is 1.29 bits per heavy atom. The van der Waals surface area contributed by atoms with E-state index in [0.717, 1.165) is 31.3 Å². The van der Waals surface area contributed by atoms with E-state index < -0.39 is 0 Å². The van der Waals surface area contributed by atoms with Gasteiger partial charge in [0, 0.05) is 25.2 Å². The summed E-state index contributed by atoms with van der Waals surface area (Å²) < 4.78 is 2.01. The Balaban J connectivity index is 1.96. The number of aromatic nitrogens is 1. The molecule has 0 saturated heterocycles. The van der Waals surface area contributed by atoms with Crippen LogP contribution < -0.4 is 11.3 Å². The monoisotopic (exact) mass is 290 g/mol. The molecule has 0 aliphatic carbocycles. The number of nitrogens with two attached hydrogens (primary N) is 1. The molecule has 0 radical (unpaired) electrons. The number of hydrogen-bond acceptors (Lipinski definition) is 4. The molecule has 0 aliphatic heterocycles. The molecule has 1 aromatic carbocycles. The molecule has 0 unspecified atom stereocenters. The third-order valence-corrected chi connectivity index (χ3v) is 3.45. The molecule has 2 rings (SSSR count). The van der Waals surface area contributed by atoms with Crippen LogP contribution in [0.25, 0.3) is 10.9 Å². The highest BCUT2D eigenvalue weighted by Gasteiger charge is 2.13. The SMILES string of the molecule is NNC(=O)CCCCCn1ccc2c([N+](=O)[O-])cccc21. The van der Waals surface area contributed by atoms with Crippen molar-refractivity contribution in [1.29, 1.82) is 0 Å². The Kier molecular flexibility index (Phi) is 4.89. The largest absolute Gasteiger partial charge is 0.347 e. The number of nitro groups is 1. The van der Waals surface area contributed by atoms with E-state index in [9.17, 15) is 14.9 Å². The van der Waals surface area contributed by atoms with Gasteiger partial charge in [-0.15, -0.1) is 0 Å². The number of aryl methyl sites for hydroxylation is 1. The zero-order valence-electron chi connectivity index (χ0n) is 11.6. The molecule has 7 heteroatoms. The summed E-state index contributed by atoms with van der Waals surface area (Å²) >= 11 is 0. The van der Waals surface area contributed by atoms with E-state index in [1.165, 1.54) is 6.07 Å². The lowest BCUT2D eigenvalue weighted by atomic mass is 10.2. The number of amides is 1. The first-order valence-electron chi connectivity index (χ1n) is 6.85. The van der Waals surface area contributed by atoms with Gasteiger partial charge in [-0.25, -0.2) is 5.84 Å². The van der Waals surface area contributed by atoms with Crippen LogP contribution in [0.2, 0.25) is 0 Å². The fraction of sp³-hybridized carbons (Fsp3) is 0.357. The number of non-ortho nitro benzene ring substituents is 1. The van der Waals surface area contributed by atoms with Crippen LogP contribution in [-0.2, 0) is 11.3 Å². The molecular weight excluding hydrogens is 272 g/mol. The molecule has 2 aromatic rings. The number of carbonyl (C=O) groups excluding carboxylic acids is 1. The summed E-state index contributed by atoms with van der Waals surface area (Å²) in [4.78, 5) is 21.6. The highest BCUT2D eigenvalue weighted by molar-refractivity contribution is 5.89. The van der Waals surface area contributed by atoms with Crippen molar-refractivity contribution in [3.63, 3.8) is 0 Å². The van der Waals surface area contributed by atoms with Crippen LogP contribution in [0.15, 0.2) is 30.5 Å². The topological polar surface area (TPSA) is 103 Å². The van der Waals surface area contributed by atoms with Crippen molar-refractivity contribution in [3.8, 4) is 0 Å².